The molecule has 2 heterocycles. The van der Waals surface area contributed by atoms with Crippen LogP contribution in [0.25, 0.3) is 16.7 Å². The van der Waals surface area contributed by atoms with Crippen LogP contribution in [0.4, 0.5) is 0 Å². The summed E-state index contributed by atoms with van der Waals surface area (Å²) >= 11 is 1.32. The van der Waals surface area contributed by atoms with Gasteiger partial charge in [-0.05, 0) is 37.8 Å². The molecule has 27 heavy (non-hydrogen) atoms. The molecule has 4 rings (SSSR count). The van der Waals surface area contributed by atoms with E-state index in [1.54, 1.807) is 17.8 Å². The first-order valence-corrected chi connectivity index (χ1v) is 9.68. The normalized spacial score (nSPS) is 15.9. The van der Waals surface area contributed by atoms with Gasteiger partial charge in [-0.25, -0.2) is 14.6 Å². The van der Waals surface area contributed by atoms with Crippen LogP contribution in [-0.2, 0) is 4.79 Å². The fourth-order valence-corrected chi connectivity index (χ4v) is 3.80. The molecule has 1 N–H and O–H groups in total. The molecule has 8 heteroatoms. The molecular formula is C19H18N6OS. The van der Waals surface area contributed by atoms with Crippen LogP contribution in [0.3, 0.4) is 0 Å². The Morgan fingerprint density at radius 2 is 2.15 bits per heavy atom. The number of nitriles is 1. The summed E-state index contributed by atoms with van der Waals surface area (Å²) in [4.78, 5) is 21.0. The van der Waals surface area contributed by atoms with E-state index < -0.39 is 5.54 Å². The number of carbonyl (C=O) groups excluding carboxylic acids is 1. The van der Waals surface area contributed by atoms with Crippen LogP contribution < -0.4 is 5.32 Å². The number of benzene rings is 1. The fraction of sp³-hybridized carbons (Fsp3) is 0.316. The van der Waals surface area contributed by atoms with Gasteiger partial charge in [0.2, 0.25) is 5.91 Å². The molecule has 1 atom stereocenters. The Morgan fingerprint density at radius 1 is 1.37 bits per heavy atom. The zero-order chi connectivity index (χ0) is 18.9. The van der Waals surface area contributed by atoms with Crippen molar-refractivity contribution in [2.24, 2.45) is 5.92 Å². The highest BCUT2D eigenvalue weighted by atomic mass is 32.2. The van der Waals surface area contributed by atoms with Crippen molar-refractivity contribution in [2.75, 3.05) is 5.75 Å². The minimum Gasteiger partial charge on any atom is -0.337 e. The minimum absolute atomic E-state index is 0.168. The third-order valence-electron chi connectivity index (χ3n) is 4.70. The van der Waals surface area contributed by atoms with Crippen LogP contribution in [-0.4, -0.2) is 36.9 Å². The maximum Gasteiger partial charge on any atom is 0.231 e. The third-order valence-corrected chi connectivity index (χ3v) is 5.70. The molecule has 3 aromatic rings. The number of fused-ring (bicyclic) bond motifs is 1. The summed E-state index contributed by atoms with van der Waals surface area (Å²) in [5.41, 5.74) is 0.824. The van der Waals surface area contributed by atoms with E-state index in [0.717, 1.165) is 23.9 Å². The van der Waals surface area contributed by atoms with Gasteiger partial charge in [0.15, 0.2) is 5.65 Å². The van der Waals surface area contributed by atoms with Crippen molar-refractivity contribution in [3.05, 3.63) is 42.9 Å². The third kappa shape index (κ3) is 3.51. The first-order valence-electron chi connectivity index (χ1n) is 8.70. The average Bonchev–Trinajstić information content (AvgIpc) is 3.47. The van der Waals surface area contributed by atoms with Crippen LogP contribution >= 0.6 is 11.8 Å². The molecule has 0 saturated heterocycles. The zero-order valence-electron chi connectivity index (χ0n) is 14.8. The van der Waals surface area contributed by atoms with Gasteiger partial charge in [-0.3, -0.25) is 4.79 Å². The first-order chi connectivity index (χ1) is 13.1. The van der Waals surface area contributed by atoms with E-state index in [1.165, 1.54) is 18.1 Å². The van der Waals surface area contributed by atoms with E-state index in [2.05, 4.69) is 26.5 Å². The number of rotatable bonds is 6. The molecule has 7 nitrogen and oxygen atoms in total. The summed E-state index contributed by atoms with van der Waals surface area (Å²) in [7, 11) is 0. The number of hydrogen-bond acceptors (Lipinski definition) is 6. The molecular weight excluding hydrogens is 360 g/mol. The number of nitrogens with zero attached hydrogens (tertiary/aromatic N) is 5. The van der Waals surface area contributed by atoms with Crippen molar-refractivity contribution in [3.63, 3.8) is 0 Å². The molecule has 0 bridgehead atoms. The molecule has 136 valence electrons. The molecule has 1 aliphatic carbocycles. The Hall–Kier alpha value is -2.92. The lowest BCUT2D eigenvalue weighted by Crippen LogP contribution is -2.47. The van der Waals surface area contributed by atoms with Gasteiger partial charge in [-0.15, -0.1) is 0 Å². The van der Waals surface area contributed by atoms with E-state index in [-0.39, 0.29) is 17.6 Å². The summed E-state index contributed by atoms with van der Waals surface area (Å²) in [5.74, 6) is 0.275. The van der Waals surface area contributed by atoms with Gasteiger partial charge < -0.3 is 5.32 Å². The van der Waals surface area contributed by atoms with Gasteiger partial charge in [-0.1, -0.05) is 30.0 Å². The standard InChI is InChI=1S/C19H18N6OS/c1-19(11-20,13-7-8-13)24-16(26)10-27-18-15-9-23-25(17(15)21-12-22-18)14-5-3-2-4-6-14/h2-6,9,12-13H,7-8,10H2,1H3,(H,24,26)/t19-/m0/s1. The largest absolute Gasteiger partial charge is 0.337 e. The van der Waals surface area contributed by atoms with E-state index >= 15 is 0 Å². The van der Waals surface area contributed by atoms with Crippen LogP contribution in [0.15, 0.2) is 47.9 Å². The lowest BCUT2D eigenvalue weighted by Gasteiger charge is -2.22. The van der Waals surface area contributed by atoms with Crippen molar-refractivity contribution < 1.29 is 4.79 Å². The molecule has 1 aliphatic rings. The molecule has 0 unspecified atom stereocenters. The number of nitrogens with one attached hydrogen (secondary N) is 1. The monoisotopic (exact) mass is 378 g/mol. The summed E-state index contributed by atoms with van der Waals surface area (Å²) in [5, 5.41) is 18.2. The number of carbonyl (C=O) groups is 1. The molecule has 1 saturated carbocycles. The van der Waals surface area contributed by atoms with Crippen LogP contribution in [0.5, 0.6) is 0 Å². The Kier molecular flexibility index (Phi) is 4.54. The van der Waals surface area contributed by atoms with Crippen molar-refractivity contribution in [3.8, 4) is 11.8 Å². The van der Waals surface area contributed by atoms with Gasteiger partial charge >= 0.3 is 0 Å². The Morgan fingerprint density at radius 3 is 2.85 bits per heavy atom. The second-order valence-electron chi connectivity index (χ2n) is 6.73. The molecule has 0 aliphatic heterocycles. The lowest BCUT2D eigenvalue weighted by atomic mass is 9.98. The summed E-state index contributed by atoms with van der Waals surface area (Å²) in [6, 6.07) is 12.0. The Bertz CT molecular complexity index is 1020. The van der Waals surface area contributed by atoms with E-state index in [1.807, 2.05) is 30.3 Å². The molecule has 0 radical (unpaired) electrons. The van der Waals surface area contributed by atoms with E-state index in [9.17, 15) is 10.1 Å². The predicted octanol–water partition coefficient (Wildman–Crippen LogP) is 2.72. The number of amides is 1. The highest BCUT2D eigenvalue weighted by Gasteiger charge is 2.42. The topological polar surface area (TPSA) is 96.5 Å². The Labute approximate surface area is 160 Å². The fourth-order valence-electron chi connectivity index (χ4n) is 3.04. The molecule has 1 amide bonds. The number of aromatic nitrogens is 4. The van der Waals surface area contributed by atoms with Gasteiger partial charge in [0.25, 0.3) is 0 Å². The molecule has 1 aromatic carbocycles. The summed E-state index contributed by atoms with van der Waals surface area (Å²) in [6.07, 6.45) is 5.17. The van der Waals surface area contributed by atoms with Crippen molar-refractivity contribution in [2.45, 2.75) is 30.3 Å². The Balaban J connectivity index is 1.51. The first kappa shape index (κ1) is 17.5. The second-order valence-corrected chi connectivity index (χ2v) is 7.70. The van der Waals surface area contributed by atoms with Gasteiger partial charge in [-0.2, -0.15) is 10.4 Å². The maximum absolute atomic E-state index is 12.3. The highest BCUT2D eigenvalue weighted by molar-refractivity contribution is 8.00. The second kappa shape index (κ2) is 7.00. The predicted molar refractivity (Wildman–Crippen MR) is 102 cm³/mol. The van der Waals surface area contributed by atoms with Crippen LogP contribution in [0.1, 0.15) is 19.8 Å². The van der Waals surface area contributed by atoms with Crippen molar-refractivity contribution in [1.82, 2.24) is 25.1 Å². The van der Waals surface area contributed by atoms with Crippen molar-refractivity contribution >= 4 is 28.7 Å². The summed E-state index contributed by atoms with van der Waals surface area (Å²) < 4.78 is 1.75. The zero-order valence-corrected chi connectivity index (χ0v) is 15.6. The smallest absolute Gasteiger partial charge is 0.231 e. The van der Waals surface area contributed by atoms with Gasteiger partial charge in [0, 0.05) is 0 Å². The van der Waals surface area contributed by atoms with Crippen LogP contribution in [0, 0.1) is 17.2 Å². The number of thioether (sulfide) groups is 1. The van der Waals surface area contributed by atoms with Gasteiger partial charge in [0.1, 0.15) is 16.9 Å². The molecule has 0 spiro atoms. The van der Waals surface area contributed by atoms with E-state index in [0.29, 0.717) is 10.7 Å². The average molecular weight is 378 g/mol. The minimum atomic E-state index is -0.781. The number of para-hydroxylation sites is 1. The highest BCUT2D eigenvalue weighted by Crippen LogP contribution is 2.39. The SMILES string of the molecule is C[C@@](C#N)(NC(=O)CSc1ncnc2c1cnn2-c1ccccc1)C1CC1. The quantitative estimate of drug-likeness (QED) is 0.523. The van der Waals surface area contributed by atoms with E-state index in [4.69, 9.17) is 0 Å². The number of hydrogen-bond donors (Lipinski definition) is 1. The molecule has 2 aromatic heterocycles. The van der Waals surface area contributed by atoms with Crippen molar-refractivity contribution in [1.29, 1.82) is 5.26 Å². The summed E-state index contributed by atoms with van der Waals surface area (Å²) in [6.45, 7) is 1.79. The maximum atomic E-state index is 12.3. The van der Waals surface area contributed by atoms with Gasteiger partial charge in [0.05, 0.1) is 29.1 Å². The molecule has 1 fully saturated rings. The van der Waals surface area contributed by atoms with Crippen LogP contribution in [0.2, 0.25) is 0 Å². The lowest BCUT2D eigenvalue weighted by molar-refractivity contribution is -0.119.